The average Bonchev–Trinajstić information content (AvgIpc) is 3.15. The Morgan fingerprint density at radius 3 is 1.29 bits per heavy atom. The highest BCUT2D eigenvalue weighted by Gasteiger charge is 2.39. The number of carbonyl (C=O) groups excluding carboxylic acids is 2. The van der Waals surface area contributed by atoms with Gasteiger partial charge in [0.1, 0.15) is 11.6 Å². The molecule has 0 aromatic carbocycles. The highest BCUT2D eigenvalue weighted by atomic mass is 16.1. The summed E-state index contributed by atoms with van der Waals surface area (Å²) >= 11 is 0. The lowest BCUT2D eigenvalue weighted by Gasteiger charge is -2.37. The minimum absolute atomic E-state index is 0.124. The summed E-state index contributed by atoms with van der Waals surface area (Å²) in [7, 11) is 0. The van der Waals surface area contributed by atoms with Crippen LogP contribution in [0.1, 0.15) is 82.1 Å². The van der Waals surface area contributed by atoms with Gasteiger partial charge in [-0.1, -0.05) is 147 Å². The van der Waals surface area contributed by atoms with Crippen molar-refractivity contribution in [2.45, 2.75) is 94.2 Å². The molecular formula is C50H60N4O2. The summed E-state index contributed by atoms with van der Waals surface area (Å²) < 4.78 is 0. The Hall–Kier alpha value is -5.62. The van der Waals surface area contributed by atoms with Crippen molar-refractivity contribution in [1.82, 2.24) is 9.97 Å². The van der Waals surface area contributed by atoms with E-state index >= 15 is 0 Å². The molecule has 2 aliphatic carbocycles. The van der Waals surface area contributed by atoms with Crippen LogP contribution < -0.4 is 10.6 Å². The van der Waals surface area contributed by atoms with E-state index in [0.717, 1.165) is 56.2 Å². The fourth-order valence-corrected chi connectivity index (χ4v) is 7.19. The molecule has 2 aromatic heterocycles. The van der Waals surface area contributed by atoms with Gasteiger partial charge < -0.3 is 10.6 Å². The molecule has 0 radical (unpaired) electrons. The Bertz CT molecular complexity index is 1930. The summed E-state index contributed by atoms with van der Waals surface area (Å²) in [6, 6.07) is 10.8. The van der Waals surface area contributed by atoms with Crippen LogP contribution in [0.25, 0.3) is 0 Å². The number of hydrogen-bond acceptors (Lipinski definition) is 6. The molecule has 0 bridgehead atoms. The lowest BCUT2D eigenvalue weighted by Crippen LogP contribution is -2.40. The van der Waals surface area contributed by atoms with Crippen LogP contribution >= 0.6 is 0 Å². The molecule has 0 amide bonds. The second-order valence-electron chi connectivity index (χ2n) is 16.2. The van der Waals surface area contributed by atoms with E-state index in [1.165, 1.54) is 0 Å². The van der Waals surface area contributed by atoms with Gasteiger partial charge in [-0.3, -0.25) is 9.59 Å². The van der Waals surface area contributed by atoms with Crippen LogP contribution in [0.5, 0.6) is 0 Å². The number of pyridine rings is 2. The minimum atomic E-state index is -0.287. The molecule has 2 atom stereocenters. The van der Waals surface area contributed by atoms with Crippen molar-refractivity contribution in [3.8, 4) is 0 Å². The predicted octanol–water partition coefficient (Wildman–Crippen LogP) is 11.9. The molecule has 2 aliphatic rings. The topological polar surface area (TPSA) is 84.0 Å². The molecule has 2 aromatic rings. The van der Waals surface area contributed by atoms with Crippen molar-refractivity contribution < 1.29 is 9.59 Å². The van der Waals surface area contributed by atoms with Crippen LogP contribution in [-0.2, 0) is 9.59 Å². The van der Waals surface area contributed by atoms with Gasteiger partial charge in [-0.15, -0.1) is 0 Å². The summed E-state index contributed by atoms with van der Waals surface area (Å²) in [6.45, 7) is 21.0. The molecular weight excluding hydrogens is 689 g/mol. The molecule has 0 fully saturated rings. The molecule has 2 unspecified atom stereocenters. The minimum Gasteiger partial charge on any atom is -0.360 e. The fraction of sp³-hybridized carbons (Fsp3) is 0.320. The van der Waals surface area contributed by atoms with Gasteiger partial charge in [0.2, 0.25) is 0 Å². The van der Waals surface area contributed by atoms with E-state index in [0.29, 0.717) is 12.8 Å². The molecule has 0 saturated heterocycles. The zero-order valence-corrected chi connectivity index (χ0v) is 35.0. The van der Waals surface area contributed by atoms with Gasteiger partial charge in [-0.25, -0.2) is 9.97 Å². The van der Waals surface area contributed by atoms with Crippen molar-refractivity contribution in [2.24, 2.45) is 10.8 Å². The fourth-order valence-electron chi connectivity index (χ4n) is 7.19. The number of Topliss-reactive ketones (excluding diaryl/α,β-unsaturated/α-hetero) is 2. The number of carbonyl (C=O) groups is 2. The van der Waals surface area contributed by atoms with Crippen molar-refractivity contribution in [2.75, 3.05) is 10.6 Å². The Kier molecular flexibility index (Phi) is 15.3. The van der Waals surface area contributed by atoms with Crippen LogP contribution in [0.15, 0.2) is 178 Å². The molecule has 6 nitrogen and oxygen atoms in total. The first-order valence-electron chi connectivity index (χ1n) is 19.5. The van der Waals surface area contributed by atoms with Crippen molar-refractivity contribution >= 4 is 23.2 Å². The summed E-state index contributed by atoms with van der Waals surface area (Å²) in [6.07, 6.45) is 34.0. The van der Waals surface area contributed by atoms with E-state index in [9.17, 15) is 9.59 Å². The molecule has 2 N–H and O–H groups in total. The number of allylic oxidation sites excluding steroid dienone is 20. The molecule has 292 valence electrons. The van der Waals surface area contributed by atoms with Gasteiger partial charge in [-0.2, -0.15) is 0 Å². The first-order valence-corrected chi connectivity index (χ1v) is 19.5. The van der Waals surface area contributed by atoms with Crippen LogP contribution in [0.2, 0.25) is 0 Å². The largest absolute Gasteiger partial charge is 0.360 e. The maximum Gasteiger partial charge on any atom is 0.181 e. The normalized spacial score (nSPS) is 21.5. The predicted molar refractivity (Wildman–Crippen MR) is 236 cm³/mol. The van der Waals surface area contributed by atoms with Gasteiger partial charge in [0, 0.05) is 12.4 Å². The lowest BCUT2D eigenvalue weighted by molar-refractivity contribution is -0.118. The number of ketones is 2. The molecule has 2 heterocycles. The van der Waals surface area contributed by atoms with Crippen molar-refractivity contribution in [1.29, 1.82) is 0 Å². The maximum atomic E-state index is 13.2. The van der Waals surface area contributed by atoms with Gasteiger partial charge in [0.25, 0.3) is 0 Å². The Labute approximate surface area is 335 Å². The van der Waals surface area contributed by atoms with Gasteiger partial charge in [0.05, 0.1) is 12.1 Å². The smallest absolute Gasteiger partial charge is 0.181 e. The zero-order valence-electron chi connectivity index (χ0n) is 35.0. The molecule has 4 rings (SSSR count). The SMILES string of the molecule is CC1=C(/C=C/C(C)=C/C=C/C(C)=C/C=C/C=C(C)/C=C/C=C(C)/C=C/C2=C(C)C(=O)C(Nc3ccccn3)CC2(C)C)C(C)(C)CC(Nc2ccccn2)C1=O. The molecule has 56 heavy (non-hydrogen) atoms. The third-order valence-electron chi connectivity index (χ3n) is 10.3. The van der Waals surface area contributed by atoms with Crippen LogP contribution in [-0.4, -0.2) is 33.6 Å². The number of rotatable bonds is 14. The summed E-state index contributed by atoms with van der Waals surface area (Å²) in [5.74, 6) is 1.69. The number of anilines is 2. The van der Waals surface area contributed by atoms with E-state index < -0.39 is 0 Å². The lowest BCUT2D eigenvalue weighted by atomic mass is 9.70. The second-order valence-corrected chi connectivity index (χ2v) is 16.2. The maximum absolute atomic E-state index is 13.2. The Morgan fingerprint density at radius 2 is 0.929 bits per heavy atom. The Balaban J connectivity index is 1.28. The number of aromatic nitrogens is 2. The second kappa shape index (κ2) is 19.8. The number of nitrogens with one attached hydrogen (secondary N) is 2. The molecule has 0 spiro atoms. The number of nitrogens with zero attached hydrogens (tertiary/aromatic N) is 2. The van der Waals surface area contributed by atoms with Gasteiger partial charge >= 0.3 is 0 Å². The van der Waals surface area contributed by atoms with E-state index in [-0.39, 0.29) is 34.5 Å². The van der Waals surface area contributed by atoms with Crippen molar-refractivity contribution in [3.63, 3.8) is 0 Å². The van der Waals surface area contributed by atoms with E-state index in [2.05, 4.69) is 149 Å². The average molecular weight is 749 g/mol. The Morgan fingerprint density at radius 1 is 0.571 bits per heavy atom. The van der Waals surface area contributed by atoms with E-state index in [4.69, 9.17) is 0 Å². The van der Waals surface area contributed by atoms with E-state index in [1.54, 1.807) is 12.4 Å². The van der Waals surface area contributed by atoms with Crippen LogP contribution in [0.4, 0.5) is 11.6 Å². The summed E-state index contributed by atoms with van der Waals surface area (Å²) in [5, 5.41) is 6.65. The first kappa shape index (κ1) is 43.1. The number of hydrogen-bond donors (Lipinski definition) is 2. The molecule has 0 aliphatic heterocycles. The third-order valence-corrected chi connectivity index (χ3v) is 10.3. The van der Waals surface area contributed by atoms with Crippen LogP contribution in [0, 0.1) is 10.8 Å². The summed E-state index contributed by atoms with van der Waals surface area (Å²) in [5.41, 5.74) is 7.94. The molecule has 6 heteroatoms. The highest BCUT2D eigenvalue weighted by Crippen LogP contribution is 2.41. The standard InChI is InChI=1S/C50H60N4O2/c1-35(21-17-23-37(3)27-29-41-39(5)47(55)43(33-49(41,7)8)53-45-25-13-15-31-51-45)19-11-12-20-36(2)22-18-24-38(4)28-30-42-40(6)48(56)44(34-50(42,9)10)54-46-26-14-16-32-52-46/h11-32,43-44H,33-34H2,1-10H3,(H,51,53)(H,52,54)/b12-11+,21-17+,22-18+,29-27+,30-28+,35-19+,36-20+,37-23+,38-24+. The van der Waals surface area contributed by atoms with Crippen molar-refractivity contribution in [3.05, 3.63) is 178 Å². The highest BCUT2D eigenvalue weighted by molar-refractivity contribution is 6.03. The van der Waals surface area contributed by atoms with Gasteiger partial charge in [0.15, 0.2) is 11.6 Å². The van der Waals surface area contributed by atoms with Crippen LogP contribution in [0.3, 0.4) is 0 Å². The first-order chi connectivity index (χ1) is 26.6. The third kappa shape index (κ3) is 12.5. The quantitative estimate of drug-likeness (QED) is 0.187. The monoisotopic (exact) mass is 748 g/mol. The summed E-state index contributed by atoms with van der Waals surface area (Å²) in [4.78, 5) is 35.1. The zero-order chi connectivity index (χ0) is 40.9. The van der Waals surface area contributed by atoms with Gasteiger partial charge in [-0.05, 0) is 112 Å². The van der Waals surface area contributed by atoms with E-state index in [1.807, 2.05) is 62.4 Å². The molecule has 0 saturated carbocycles.